The van der Waals surface area contributed by atoms with Crippen LogP contribution in [0.1, 0.15) is 5.56 Å². The molecule has 22 heavy (non-hydrogen) atoms. The molecule has 106 valence electrons. The monoisotopic (exact) mass is 293 g/mol. The van der Waals surface area contributed by atoms with Crippen molar-refractivity contribution < 1.29 is 24.1 Å². The van der Waals surface area contributed by atoms with E-state index in [1.807, 2.05) is 28.9 Å². The number of hydrogen-bond acceptors (Lipinski definition) is 3. The smallest absolute Gasteiger partial charge is 0.384 e. The van der Waals surface area contributed by atoms with Gasteiger partial charge in [-0.25, -0.2) is 13.9 Å². The van der Waals surface area contributed by atoms with Gasteiger partial charge in [-0.05, 0) is 12.1 Å². The highest BCUT2D eigenvalue weighted by molar-refractivity contribution is 6.32. The topological polar surface area (TPSA) is 61.9 Å². The number of rotatable bonds is 2. The molecular formula is C15H12BN3O3+2. The van der Waals surface area contributed by atoms with Crippen LogP contribution in [-0.4, -0.2) is 21.9 Å². The van der Waals surface area contributed by atoms with Gasteiger partial charge >= 0.3 is 7.25 Å². The molecule has 3 aromatic heterocycles. The number of pyridine rings is 2. The largest absolute Gasteiger partial charge is 0.751 e. The van der Waals surface area contributed by atoms with E-state index in [0.717, 1.165) is 28.6 Å². The third-order valence-corrected chi connectivity index (χ3v) is 4.46. The number of fused-ring (bicyclic) bond motifs is 3. The van der Waals surface area contributed by atoms with Crippen LogP contribution in [0.5, 0.6) is 0 Å². The van der Waals surface area contributed by atoms with Crippen molar-refractivity contribution in [2.75, 3.05) is 0 Å². The maximum absolute atomic E-state index is 9.95. The summed E-state index contributed by atoms with van der Waals surface area (Å²) in [5.74, 6) is 0. The molecule has 0 saturated heterocycles. The van der Waals surface area contributed by atoms with E-state index in [4.69, 9.17) is 5.26 Å². The highest BCUT2D eigenvalue weighted by Crippen LogP contribution is 2.32. The first-order chi connectivity index (χ1) is 10.8. The van der Waals surface area contributed by atoms with Crippen LogP contribution >= 0.6 is 0 Å². The molecule has 0 bridgehead atoms. The van der Waals surface area contributed by atoms with Crippen LogP contribution in [0.25, 0.3) is 27.5 Å². The zero-order valence-electron chi connectivity index (χ0n) is 11.5. The number of imidazole rings is 1. The fourth-order valence-electron chi connectivity index (χ4n) is 3.60. The normalized spacial score (nSPS) is 13.0. The summed E-state index contributed by atoms with van der Waals surface area (Å²) in [6.07, 6.45) is 5.67. The van der Waals surface area contributed by atoms with Gasteiger partial charge in [-0.3, -0.25) is 5.26 Å². The van der Waals surface area contributed by atoms with Gasteiger partial charge in [0.2, 0.25) is 0 Å². The molecule has 1 aromatic carbocycles. The molecule has 0 saturated carbocycles. The van der Waals surface area contributed by atoms with Gasteiger partial charge in [0.15, 0.2) is 0 Å². The summed E-state index contributed by atoms with van der Waals surface area (Å²) in [4.78, 5) is 4.12. The van der Waals surface area contributed by atoms with Crippen LogP contribution in [-0.2, 0) is 11.3 Å². The lowest BCUT2D eigenvalue weighted by Crippen LogP contribution is -2.54. The Hall–Kier alpha value is -2.48. The van der Waals surface area contributed by atoms with Crippen molar-refractivity contribution in [2.24, 2.45) is 0 Å². The fraction of sp³-hybridized carbons (Fsp3) is 0.0667. The van der Waals surface area contributed by atoms with E-state index in [-0.39, 0.29) is 0 Å². The van der Waals surface area contributed by atoms with Crippen molar-refractivity contribution >= 4 is 34.7 Å². The minimum absolute atomic E-state index is 0.768. The lowest BCUT2D eigenvalue weighted by molar-refractivity contribution is -0.657. The molecule has 1 aliphatic heterocycles. The maximum atomic E-state index is 9.95. The standard InChI is InChI=1S/C15H11BN3O3/c20-16(22-21)19-6-2-5-12-11-4-1-3-10-9-17-7-8-18(14(12)19)15(17)13(10)11/h1-8,20H,9H2/q+1/p+1. The Labute approximate surface area is 125 Å². The second kappa shape index (κ2) is 4.04. The van der Waals surface area contributed by atoms with Gasteiger partial charge in [-0.1, -0.05) is 18.2 Å². The molecule has 0 amide bonds. The summed E-state index contributed by atoms with van der Waals surface area (Å²) in [6.45, 7) is 0.846. The summed E-state index contributed by atoms with van der Waals surface area (Å²) >= 11 is 0. The van der Waals surface area contributed by atoms with Crippen LogP contribution in [0.3, 0.4) is 0 Å². The van der Waals surface area contributed by atoms with E-state index >= 15 is 0 Å². The molecule has 4 aromatic rings. The lowest BCUT2D eigenvalue weighted by atomic mass is 10.0. The zero-order valence-corrected chi connectivity index (χ0v) is 11.5. The van der Waals surface area contributed by atoms with Gasteiger partial charge < -0.3 is 5.02 Å². The highest BCUT2D eigenvalue weighted by atomic mass is 17.1. The van der Waals surface area contributed by atoms with Gasteiger partial charge in [0.1, 0.15) is 18.9 Å². The van der Waals surface area contributed by atoms with Crippen LogP contribution in [0.2, 0.25) is 0 Å². The number of hydrogen-bond donors (Lipinski definition) is 2. The van der Waals surface area contributed by atoms with Crippen LogP contribution in [0.15, 0.2) is 48.9 Å². The number of aromatic nitrogens is 3. The fourth-order valence-corrected chi connectivity index (χ4v) is 3.60. The van der Waals surface area contributed by atoms with E-state index in [1.165, 1.54) is 15.4 Å². The van der Waals surface area contributed by atoms with Crippen molar-refractivity contribution in [1.82, 2.24) is 4.40 Å². The third kappa shape index (κ3) is 1.31. The molecule has 0 spiro atoms. The van der Waals surface area contributed by atoms with Crippen molar-refractivity contribution in [1.29, 1.82) is 0 Å². The predicted octanol–water partition coefficient (Wildman–Crippen LogP) is 0.497. The molecule has 1 aliphatic rings. The SMILES string of the molecule is OOB(O)[n+]1cccc2c3cccc4c3c3n(cc[n+]3C4)c21. The van der Waals surface area contributed by atoms with E-state index in [1.54, 1.807) is 6.20 Å². The minimum Gasteiger partial charge on any atom is -0.384 e. The van der Waals surface area contributed by atoms with Gasteiger partial charge in [0.25, 0.3) is 11.3 Å². The van der Waals surface area contributed by atoms with Crippen LogP contribution < -0.4 is 9.05 Å². The molecule has 0 fully saturated rings. The van der Waals surface area contributed by atoms with E-state index in [9.17, 15) is 5.02 Å². The Morgan fingerprint density at radius 1 is 1.09 bits per heavy atom. The lowest BCUT2D eigenvalue weighted by Gasteiger charge is -2.07. The summed E-state index contributed by atoms with van der Waals surface area (Å²) in [5, 5.41) is 22.2. The number of benzene rings is 1. The molecule has 2 N–H and O–H groups in total. The molecule has 5 rings (SSSR count). The average molecular weight is 293 g/mol. The molecule has 0 unspecified atom stereocenters. The quantitative estimate of drug-likeness (QED) is 0.164. The summed E-state index contributed by atoms with van der Waals surface area (Å²) < 4.78 is 5.71. The Bertz CT molecular complexity index is 1080. The van der Waals surface area contributed by atoms with Gasteiger partial charge in [0.05, 0.1) is 17.0 Å². The van der Waals surface area contributed by atoms with Crippen LogP contribution in [0.4, 0.5) is 0 Å². The van der Waals surface area contributed by atoms with Crippen molar-refractivity contribution in [3.05, 3.63) is 54.5 Å². The van der Waals surface area contributed by atoms with Crippen molar-refractivity contribution in [3.8, 4) is 0 Å². The summed E-state index contributed by atoms with van der Waals surface area (Å²) in [5.41, 5.74) is 3.15. The Kier molecular flexibility index (Phi) is 2.22. The van der Waals surface area contributed by atoms with E-state index in [2.05, 4.69) is 27.6 Å². The van der Waals surface area contributed by atoms with E-state index < -0.39 is 7.25 Å². The zero-order chi connectivity index (χ0) is 14.8. The number of nitrogens with zero attached hydrogens (tertiary/aromatic N) is 3. The predicted molar refractivity (Wildman–Crippen MR) is 79.0 cm³/mol. The second-order valence-electron chi connectivity index (χ2n) is 5.54. The Morgan fingerprint density at radius 2 is 1.95 bits per heavy atom. The molecular weight excluding hydrogens is 281 g/mol. The minimum atomic E-state index is -1.45. The summed E-state index contributed by atoms with van der Waals surface area (Å²) in [7, 11) is -1.45. The first-order valence-corrected chi connectivity index (χ1v) is 7.06. The average Bonchev–Trinajstić information content (AvgIpc) is 3.12. The van der Waals surface area contributed by atoms with E-state index in [0.29, 0.717) is 0 Å². The molecule has 4 heterocycles. The van der Waals surface area contributed by atoms with Crippen molar-refractivity contribution in [3.63, 3.8) is 0 Å². The van der Waals surface area contributed by atoms with Crippen molar-refractivity contribution in [2.45, 2.75) is 6.54 Å². The van der Waals surface area contributed by atoms with Gasteiger partial charge in [0, 0.05) is 10.9 Å². The molecule has 0 atom stereocenters. The molecule has 6 nitrogen and oxygen atoms in total. The third-order valence-electron chi connectivity index (χ3n) is 4.46. The molecule has 0 radical (unpaired) electrons. The second-order valence-corrected chi connectivity index (χ2v) is 5.54. The Morgan fingerprint density at radius 3 is 2.82 bits per heavy atom. The van der Waals surface area contributed by atoms with Gasteiger partial charge in [-0.2, -0.15) is 4.40 Å². The summed E-state index contributed by atoms with van der Waals surface area (Å²) in [6, 6.07) is 10.1. The molecule has 0 aliphatic carbocycles. The van der Waals surface area contributed by atoms with Crippen LogP contribution in [0, 0.1) is 0 Å². The first-order valence-electron chi connectivity index (χ1n) is 7.06. The molecule has 7 heteroatoms. The highest BCUT2D eigenvalue weighted by Gasteiger charge is 2.33. The maximum Gasteiger partial charge on any atom is 0.751 e. The Balaban J connectivity index is 2.11. The van der Waals surface area contributed by atoms with Gasteiger partial charge in [-0.15, -0.1) is 0 Å². The first kappa shape index (κ1) is 12.1.